The highest BCUT2D eigenvalue weighted by atomic mass is 32.2. The molecule has 1 saturated heterocycles. The molecule has 2 rings (SSSR count). The number of hydrogen-bond donors (Lipinski definition) is 1. The molecule has 0 spiro atoms. The van der Waals surface area contributed by atoms with Crippen LogP contribution in [0.15, 0.2) is 23.2 Å². The zero-order valence-corrected chi connectivity index (χ0v) is 12.0. The zero-order valence-electron chi connectivity index (χ0n) is 10.4. The number of nitrogens with one attached hydrogen (secondary N) is 1. The van der Waals surface area contributed by atoms with Crippen LogP contribution in [0, 0.1) is 0 Å². The monoisotopic (exact) mass is 326 g/mol. The van der Waals surface area contributed by atoms with Crippen molar-refractivity contribution in [3.8, 4) is 0 Å². The number of sulfonamides is 1. The van der Waals surface area contributed by atoms with Gasteiger partial charge in [0, 0.05) is 18.0 Å². The molecule has 0 aromatic carbocycles. The molecule has 0 amide bonds. The van der Waals surface area contributed by atoms with E-state index in [0.29, 0.717) is 11.8 Å². The smallest absolute Gasteiger partial charge is 0.250 e. The molecule has 0 bridgehead atoms. The van der Waals surface area contributed by atoms with E-state index >= 15 is 0 Å². The first-order valence-electron chi connectivity index (χ1n) is 5.92. The van der Waals surface area contributed by atoms with Gasteiger partial charge >= 0.3 is 6.18 Å². The van der Waals surface area contributed by atoms with Gasteiger partial charge in [-0.2, -0.15) is 24.9 Å². The Labute approximate surface area is 119 Å². The molecule has 112 valence electrons. The zero-order chi connectivity index (χ0) is 14.8. The Bertz CT molecular complexity index is 552. The highest BCUT2D eigenvalue weighted by molar-refractivity contribution is 7.99. The molecule has 0 saturated carbocycles. The Balaban J connectivity index is 2.13. The molecule has 9 heteroatoms. The van der Waals surface area contributed by atoms with Gasteiger partial charge in [-0.1, -0.05) is 0 Å². The SMILES string of the molecule is O=S(=O)(N[C@H]1CCCSC1)c1ccc(C(F)(F)F)nc1. The van der Waals surface area contributed by atoms with E-state index in [0.717, 1.165) is 30.9 Å². The molecule has 1 aromatic heterocycles. The number of alkyl halides is 3. The molecule has 1 aliphatic rings. The summed E-state index contributed by atoms with van der Waals surface area (Å²) >= 11 is 1.65. The third-order valence-electron chi connectivity index (χ3n) is 2.82. The first kappa shape index (κ1) is 15.6. The van der Waals surface area contributed by atoms with Gasteiger partial charge in [0.2, 0.25) is 10.0 Å². The average molecular weight is 326 g/mol. The van der Waals surface area contributed by atoms with Crippen LogP contribution in [-0.4, -0.2) is 30.9 Å². The fourth-order valence-electron chi connectivity index (χ4n) is 1.83. The van der Waals surface area contributed by atoms with Gasteiger partial charge in [-0.3, -0.25) is 4.98 Å². The van der Waals surface area contributed by atoms with Crippen molar-refractivity contribution in [3.63, 3.8) is 0 Å². The van der Waals surface area contributed by atoms with Crippen LogP contribution in [0.2, 0.25) is 0 Å². The van der Waals surface area contributed by atoms with Gasteiger partial charge in [-0.15, -0.1) is 0 Å². The lowest BCUT2D eigenvalue weighted by Gasteiger charge is -2.22. The maximum absolute atomic E-state index is 12.4. The Kier molecular flexibility index (Phi) is 4.60. The van der Waals surface area contributed by atoms with E-state index in [2.05, 4.69) is 9.71 Å². The number of thioether (sulfide) groups is 1. The number of pyridine rings is 1. The summed E-state index contributed by atoms with van der Waals surface area (Å²) in [5.41, 5.74) is -1.11. The average Bonchev–Trinajstić information content (AvgIpc) is 2.38. The summed E-state index contributed by atoms with van der Waals surface area (Å²) in [4.78, 5) is 2.91. The Morgan fingerprint density at radius 1 is 1.35 bits per heavy atom. The molecule has 1 fully saturated rings. The molecular formula is C11H13F3N2O2S2. The van der Waals surface area contributed by atoms with Crippen molar-refractivity contribution in [2.45, 2.75) is 30.0 Å². The minimum Gasteiger partial charge on any atom is -0.250 e. The van der Waals surface area contributed by atoms with Crippen molar-refractivity contribution in [1.29, 1.82) is 0 Å². The minimum absolute atomic E-state index is 0.180. The van der Waals surface area contributed by atoms with E-state index < -0.39 is 21.9 Å². The second-order valence-electron chi connectivity index (χ2n) is 4.41. The number of rotatable bonds is 3. The lowest BCUT2D eigenvalue weighted by Crippen LogP contribution is -2.38. The van der Waals surface area contributed by atoms with Crippen molar-refractivity contribution in [1.82, 2.24) is 9.71 Å². The van der Waals surface area contributed by atoms with Crippen LogP contribution in [0.25, 0.3) is 0 Å². The molecule has 0 aliphatic carbocycles. The Morgan fingerprint density at radius 2 is 2.10 bits per heavy atom. The van der Waals surface area contributed by atoms with Crippen LogP contribution in [0.4, 0.5) is 13.2 Å². The standard InChI is InChI=1S/C11H13F3N2O2S2/c12-11(13,14)10-4-3-9(6-15-10)20(17,18)16-8-2-1-5-19-7-8/h3-4,6,8,16H,1-2,5,7H2/t8-/m0/s1. The van der Waals surface area contributed by atoms with Gasteiger partial charge in [0.25, 0.3) is 0 Å². The van der Waals surface area contributed by atoms with Crippen LogP contribution >= 0.6 is 11.8 Å². The molecule has 1 atom stereocenters. The summed E-state index contributed by atoms with van der Waals surface area (Å²) < 4.78 is 63.6. The molecule has 0 unspecified atom stereocenters. The van der Waals surface area contributed by atoms with Crippen molar-refractivity contribution >= 4 is 21.8 Å². The lowest BCUT2D eigenvalue weighted by atomic mass is 10.2. The third-order valence-corrected chi connectivity index (χ3v) is 5.54. The maximum Gasteiger partial charge on any atom is 0.433 e. The molecule has 4 nitrogen and oxygen atoms in total. The lowest BCUT2D eigenvalue weighted by molar-refractivity contribution is -0.141. The number of nitrogens with zero attached hydrogens (tertiary/aromatic N) is 1. The van der Waals surface area contributed by atoms with Crippen LogP contribution < -0.4 is 4.72 Å². The number of aromatic nitrogens is 1. The second-order valence-corrected chi connectivity index (χ2v) is 7.28. The van der Waals surface area contributed by atoms with Crippen molar-refractivity contribution in [2.24, 2.45) is 0 Å². The predicted molar refractivity (Wildman–Crippen MR) is 69.9 cm³/mol. The van der Waals surface area contributed by atoms with E-state index in [1.807, 2.05) is 0 Å². The molecule has 2 heterocycles. The van der Waals surface area contributed by atoms with Crippen molar-refractivity contribution in [3.05, 3.63) is 24.0 Å². The largest absolute Gasteiger partial charge is 0.433 e. The fourth-order valence-corrected chi connectivity index (χ4v) is 4.22. The Morgan fingerprint density at radius 3 is 2.60 bits per heavy atom. The molecule has 0 radical (unpaired) electrons. The van der Waals surface area contributed by atoms with Crippen molar-refractivity contribution in [2.75, 3.05) is 11.5 Å². The van der Waals surface area contributed by atoms with Crippen LogP contribution in [0.5, 0.6) is 0 Å². The molecule has 1 aromatic rings. The highest BCUT2D eigenvalue weighted by Crippen LogP contribution is 2.28. The van der Waals surface area contributed by atoms with E-state index in [1.165, 1.54) is 0 Å². The van der Waals surface area contributed by atoms with Gasteiger partial charge in [0.1, 0.15) is 10.6 Å². The van der Waals surface area contributed by atoms with Crippen molar-refractivity contribution < 1.29 is 21.6 Å². The van der Waals surface area contributed by atoms with Crippen LogP contribution in [0.3, 0.4) is 0 Å². The minimum atomic E-state index is -4.57. The normalized spacial score (nSPS) is 20.9. The number of hydrogen-bond acceptors (Lipinski definition) is 4. The first-order valence-corrected chi connectivity index (χ1v) is 8.56. The summed E-state index contributed by atoms with van der Waals surface area (Å²) in [6.45, 7) is 0. The fraction of sp³-hybridized carbons (Fsp3) is 0.545. The summed E-state index contributed by atoms with van der Waals surface area (Å²) in [7, 11) is -3.82. The van der Waals surface area contributed by atoms with Gasteiger partial charge in [0.05, 0.1) is 0 Å². The summed E-state index contributed by atoms with van der Waals surface area (Å²) in [6, 6.07) is 1.42. The van der Waals surface area contributed by atoms with Gasteiger partial charge in [-0.25, -0.2) is 13.1 Å². The summed E-state index contributed by atoms with van der Waals surface area (Å²) in [6.07, 6.45) is -2.18. The summed E-state index contributed by atoms with van der Waals surface area (Å²) in [5, 5.41) is 0. The van der Waals surface area contributed by atoms with E-state index in [-0.39, 0.29) is 10.9 Å². The van der Waals surface area contributed by atoms with Crippen LogP contribution in [-0.2, 0) is 16.2 Å². The van der Waals surface area contributed by atoms with E-state index in [9.17, 15) is 21.6 Å². The topological polar surface area (TPSA) is 59.1 Å². The molecule has 1 aliphatic heterocycles. The molecular weight excluding hydrogens is 313 g/mol. The maximum atomic E-state index is 12.4. The third kappa shape index (κ3) is 3.86. The van der Waals surface area contributed by atoms with Gasteiger partial charge in [0.15, 0.2) is 0 Å². The molecule has 1 N–H and O–H groups in total. The first-order chi connectivity index (χ1) is 9.29. The highest BCUT2D eigenvalue weighted by Gasteiger charge is 2.32. The van der Waals surface area contributed by atoms with Gasteiger partial charge in [-0.05, 0) is 30.7 Å². The van der Waals surface area contributed by atoms with Crippen LogP contribution in [0.1, 0.15) is 18.5 Å². The quantitative estimate of drug-likeness (QED) is 0.926. The number of halogens is 3. The van der Waals surface area contributed by atoms with Gasteiger partial charge < -0.3 is 0 Å². The van der Waals surface area contributed by atoms with E-state index in [4.69, 9.17) is 0 Å². The summed E-state index contributed by atoms with van der Waals surface area (Å²) in [5.74, 6) is 1.67. The predicted octanol–water partition coefficient (Wildman–Crippen LogP) is 2.27. The Hall–Kier alpha value is -0.800. The second kappa shape index (κ2) is 5.90. The van der Waals surface area contributed by atoms with E-state index in [1.54, 1.807) is 11.8 Å². The molecule has 20 heavy (non-hydrogen) atoms.